The van der Waals surface area contributed by atoms with Crippen LogP contribution in [0.15, 0.2) is 36.4 Å². The van der Waals surface area contributed by atoms with Gasteiger partial charge < -0.3 is 4.74 Å². The number of ketones is 1. The van der Waals surface area contributed by atoms with Crippen molar-refractivity contribution < 1.29 is 19.1 Å². The number of amides is 2. The van der Waals surface area contributed by atoms with Crippen LogP contribution >= 0.6 is 0 Å². The zero-order valence-electron chi connectivity index (χ0n) is 12.3. The van der Waals surface area contributed by atoms with Gasteiger partial charge in [0.05, 0.1) is 29.2 Å². The van der Waals surface area contributed by atoms with Gasteiger partial charge in [-0.25, -0.2) is 4.90 Å². The molecule has 0 aromatic heterocycles. The molecule has 3 heterocycles. The van der Waals surface area contributed by atoms with Crippen molar-refractivity contribution in [2.45, 2.75) is 25.6 Å². The molecule has 112 valence electrons. The van der Waals surface area contributed by atoms with Gasteiger partial charge in [-0.05, 0) is 38.1 Å². The first-order valence-corrected chi connectivity index (χ1v) is 7.28. The number of hydrogen-bond acceptors (Lipinski definition) is 4. The predicted molar refractivity (Wildman–Crippen MR) is 78.3 cm³/mol. The standard InChI is InChI=1S/C17H15NO4/c1-9(19)10-3-5-11(6-4-10)18-15(20)13-12-7-8-17(2,22-12)14(13)16(18)21/h3-8,12-14H,1-2H3/t12-,13+,14+,17+/m1/s1. The van der Waals surface area contributed by atoms with Gasteiger partial charge in [0, 0.05) is 5.56 Å². The fourth-order valence-electron chi connectivity index (χ4n) is 3.75. The van der Waals surface area contributed by atoms with Crippen LogP contribution in [0.1, 0.15) is 24.2 Å². The first-order chi connectivity index (χ1) is 10.4. The third-order valence-corrected chi connectivity index (χ3v) is 4.86. The van der Waals surface area contributed by atoms with Crippen molar-refractivity contribution in [1.29, 1.82) is 0 Å². The van der Waals surface area contributed by atoms with Crippen molar-refractivity contribution in [1.82, 2.24) is 0 Å². The molecule has 2 fully saturated rings. The number of imide groups is 1. The number of rotatable bonds is 2. The summed E-state index contributed by atoms with van der Waals surface area (Å²) in [6, 6.07) is 6.56. The zero-order valence-corrected chi connectivity index (χ0v) is 12.3. The van der Waals surface area contributed by atoms with Gasteiger partial charge in [-0.15, -0.1) is 0 Å². The normalized spacial score (nSPS) is 35.4. The minimum absolute atomic E-state index is 0.0503. The van der Waals surface area contributed by atoms with E-state index in [1.165, 1.54) is 11.8 Å². The molecule has 5 heteroatoms. The Morgan fingerprint density at radius 2 is 1.86 bits per heavy atom. The van der Waals surface area contributed by atoms with Crippen molar-refractivity contribution in [2.24, 2.45) is 11.8 Å². The minimum atomic E-state index is -0.684. The van der Waals surface area contributed by atoms with Crippen LogP contribution in [0.5, 0.6) is 0 Å². The lowest BCUT2D eigenvalue weighted by Crippen LogP contribution is -2.38. The molecule has 0 saturated carbocycles. The van der Waals surface area contributed by atoms with Crippen molar-refractivity contribution in [3.8, 4) is 0 Å². The molecule has 1 aromatic carbocycles. The summed E-state index contributed by atoms with van der Waals surface area (Å²) >= 11 is 0. The molecule has 5 nitrogen and oxygen atoms in total. The second-order valence-corrected chi connectivity index (χ2v) is 6.24. The molecule has 4 atom stereocenters. The summed E-state index contributed by atoms with van der Waals surface area (Å²) in [5.74, 6) is -1.38. The molecule has 4 rings (SSSR count). The van der Waals surface area contributed by atoms with Crippen molar-refractivity contribution >= 4 is 23.3 Å². The number of carbonyl (C=O) groups excluding carboxylic acids is 3. The highest BCUT2D eigenvalue weighted by atomic mass is 16.5. The summed E-state index contributed by atoms with van der Waals surface area (Å²) in [7, 11) is 0. The van der Waals surface area contributed by atoms with Crippen LogP contribution in [0.2, 0.25) is 0 Å². The maximum Gasteiger partial charge on any atom is 0.241 e. The van der Waals surface area contributed by atoms with Crippen LogP contribution in [-0.4, -0.2) is 29.3 Å². The number of ether oxygens (including phenoxy) is 1. The summed E-state index contributed by atoms with van der Waals surface area (Å²) in [6.07, 6.45) is 3.44. The molecule has 3 aliphatic rings. The number of anilines is 1. The summed E-state index contributed by atoms with van der Waals surface area (Å²) in [6.45, 7) is 3.33. The third kappa shape index (κ3) is 1.54. The Labute approximate surface area is 127 Å². The summed E-state index contributed by atoms with van der Waals surface area (Å²) < 4.78 is 5.78. The SMILES string of the molecule is CC(=O)c1ccc(N2C(=O)[C@@H]3[C@@H](C2=O)[C@]2(C)C=C[C@H]3O2)cc1. The monoisotopic (exact) mass is 297 g/mol. The van der Waals surface area contributed by atoms with Crippen molar-refractivity contribution in [2.75, 3.05) is 4.90 Å². The maximum absolute atomic E-state index is 12.7. The van der Waals surface area contributed by atoms with Crippen LogP contribution in [0.3, 0.4) is 0 Å². The van der Waals surface area contributed by atoms with E-state index in [9.17, 15) is 14.4 Å². The lowest BCUT2D eigenvalue weighted by Gasteiger charge is -2.24. The molecule has 0 N–H and O–H groups in total. The fourth-order valence-corrected chi connectivity index (χ4v) is 3.75. The van der Waals surface area contributed by atoms with E-state index in [1.807, 2.05) is 19.1 Å². The lowest BCUT2D eigenvalue weighted by atomic mass is 9.78. The van der Waals surface area contributed by atoms with Gasteiger partial charge >= 0.3 is 0 Å². The van der Waals surface area contributed by atoms with Gasteiger partial charge in [-0.2, -0.15) is 0 Å². The third-order valence-electron chi connectivity index (χ3n) is 4.86. The molecule has 2 bridgehead atoms. The fraction of sp³-hybridized carbons (Fsp3) is 0.353. The van der Waals surface area contributed by atoms with Gasteiger partial charge in [0.2, 0.25) is 11.8 Å². The number of benzene rings is 1. The predicted octanol–water partition coefficient (Wildman–Crippen LogP) is 1.72. The number of Topliss-reactive ketones (excluding diaryl/α,β-unsaturated/α-hetero) is 1. The average Bonchev–Trinajstić information content (AvgIpc) is 3.08. The van der Waals surface area contributed by atoms with Crippen molar-refractivity contribution in [3.05, 3.63) is 42.0 Å². The highest BCUT2D eigenvalue weighted by Crippen LogP contribution is 2.52. The van der Waals surface area contributed by atoms with Crippen LogP contribution in [0, 0.1) is 11.8 Å². The molecule has 0 radical (unpaired) electrons. The highest BCUT2D eigenvalue weighted by molar-refractivity contribution is 6.23. The lowest BCUT2D eigenvalue weighted by molar-refractivity contribution is -0.126. The van der Waals surface area contributed by atoms with Crippen LogP contribution in [0.25, 0.3) is 0 Å². The average molecular weight is 297 g/mol. The van der Waals surface area contributed by atoms with Crippen LogP contribution in [-0.2, 0) is 14.3 Å². The maximum atomic E-state index is 12.7. The van der Waals surface area contributed by atoms with E-state index in [2.05, 4.69) is 0 Å². The molecule has 0 unspecified atom stereocenters. The largest absolute Gasteiger partial charge is 0.362 e. The molecule has 1 aromatic rings. The van der Waals surface area contributed by atoms with E-state index in [1.54, 1.807) is 24.3 Å². The van der Waals surface area contributed by atoms with Gasteiger partial charge in [0.1, 0.15) is 0 Å². The summed E-state index contributed by atoms with van der Waals surface area (Å²) in [4.78, 5) is 38.0. The summed E-state index contributed by atoms with van der Waals surface area (Å²) in [5.41, 5.74) is 0.383. The van der Waals surface area contributed by atoms with E-state index < -0.39 is 17.4 Å². The topological polar surface area (TPSA) is 63.7 Å². The Balaban J connectivity index is 1.71. The van der Waals surface area contributed by atoms with Gasteiger partial charge in [0.25, 0.3) is 0 Å². The quantitative estimate of drug-likeness (QED) is 0.474. The van der Waals surface area contributed by atoms with Gasteiger partial charge in [0.15, 0.2) is 5.78 Å². The first-order valence-electron chi connectivity index (χ1n) is 7.28. The Bertz CT molecular complexity index is 736. The van der Waals surface area contributed by atoms with E-state index in [-0.39, 0.29) is 23.7 Å². The number of nitrogens with zero attached hydrogens (tertiary/aromatic N) is 1. The van der Waals surface area contributed by atoms with E-state index in [4.69, 9.17) is 4.74 Å². The van der Waals surface area contributed by atoms with E-state index in [0.717, 1.165) is 0 Å². The molecule has 2 saturated heterocycles. The Morgan fingerprint density at radius 3 is 2.45 bits per heavy atom. The minimum Gasteiger partial charge on any atom is -0.362 e. The van der Waals surface area contributed by atoms with Crippen molar-refractivity contribution in [3.63, 3.8) is 0 Å². The van der Waals surface area contributed by atoms with Gasteiger partial charge in [-0.3, -0.25) is 14.4 Å². The van der Waals surface area contributed by atoms with Crippen LogP contribution < -0.4 is 4.90 Å². The second-order valence-electron chi connectivity index (χ2n) is 6.24. The first kappa shape index (κ1) is 13.4. The highest BCUT2D eigenvalue weighted by Gasteiger charge is 2.65. The Hall–Kier alpha value is -2.27. The molecule has 3 aliphatic heterocycles. The molecular formula is C17H15NO4. The van der Waals surface area contributed by atoms with Gasteiger partial charge in [-0.1, -0.05) is 12.2 Å². The Morgan fingerprint density at radius 1 is 1.18 bits per heavy atom. The zero-order chi connectivity index (χ0) is 15.6. The molecule has 0 spiro atoms. The molecule has 22 heavy (non-hydrogen) atoms. The van der Waals surface area contributed by atoms with Crippen LogP contribution in [0.4, 0.5) is 5.69 Å². The molecular weight excluding hydrogens is 282 g/mol. The molecule has 0 aliphatic carbocycles. The van der Waals surface area contributed by atoms with E-state index in [0.29, 0.717) is 11.3 Å². The Kier molecular flexibility index (Phi) is 2.52. The summed E-state index contributed by atoms with van der Waals surface area (Å²) in [5, 5.41) is 0. The second kappa shape index (κ2) is 4.14. The number of carbonyl (C=O) groups is 3. The number of hydrogen-bond donors (Lipinski definition) is 0. The smallest absolute Gasteiger partial charge is 0.241 e. The molecule has 2 amide bonds. The van der Waals surface area contributed by atoms with E-state index >= 15 is 0 Å². The number of fused-ring (bicyclic) bond motifs is 5.